The highest BCUT2D eigenvalue weighted by molar-refractivity contribution is 4.74. The van der Waals surface area contributed by atoms with Crippen LogP contribution in [0.25, 0.3) is 0 Å². The topological polar surface area (TPSA) is 55.7 Å². The van der Waals surface area contributed by atoms with Crippen LogP contribution in [0.1, 0.15) is 27.2 Å². The van der Waals surface area contributed by atoms with Gasteiger partial charge in [0.15, 0.2) is 0 Å². The molecule has 0 unspecified atom stereocenters. The molecule has 0 aliphatic rings. The molecule has 0 fully saturated rings. The summed E-state index contributed by atoms with van der Waals surface area (Å²) in [4.78, 5) is 2.39. The molecule has 0 radical (unpaired) electrons. The van der Waals surface area contributed by atoms with Gasteiger partial charge < -0.3 is 20.4 Å². The minimum Gasteiger partial charge on any atom is -0.396 e. The second-order valence-electron chi connectivity index (χ2n) is 4.68. The molecule has 4 nitrogen and oxygen atoms in total. The number of rotatable bonds is 10. The van der Waals surface area contributed by atoms with E-state index in [1.54, 1.807) is 0 Å². The molecule has 0 aliphatic heterocycles. The third-order valence-corrected chi connectivity index (χ3v) is 3.04. The average Bonchev–Trinajstić information content (AvgIpc) is 2.33. The molecule has 16 heavy (non-hydrogen) atoms. The van der Waals surface area contributed by atoms with Crippen LogP contribution in [-0.4, -0.2) is 61.1 Å². The zero-order chi connectivity index (χ0) is 12.4. The molecular formula is C12H28N2O2. The predicted octanol–water partition coefficient (Wildman–Crippen LogP) is 0.299. The summed E-state index contributed by atoms with van der Waals surface area (Å²) >= 11 is 0. The first-order valence-electron chi connectivity index (χ1n) is 6.26. The monoisotopic (exact) mass is 232 g/mol. The van der Waals surface area contributed by atoms with Crippen molar-refractivity contribution in [2.45, 2.75) is 27.2 Å². The van der Waals surface area contributed by atoms with Crippen LogP contribution in [0.15, 0.2) is 0 Å². The Morgan fingerprint density at radius 1 is 1.12 bits per heavy atom. The van der Waals surface area contributed by atoms with Gasteiger partial charge in [0, 0.05) is 12.0 Å². The molecule has 0 bridgehead atoms. The Hall–Kier alpha value is -0.160. The van der Waals surface area contributed by atoms with Gasteiger partial charge in [-0.2, -0.15) is 0 Å². The van der Waals surface area contributed by atoms with Gasteiger partial charge in [-0.25, -0.2) is 0 Å². The quantitative estimate of drug-likeness (QED) is 0.474. The van der Waals surface area contributed by atoms with Crippen LogP contribution >= 0.6 is 0 Å². The summed E-state index contributed by atoms with van der Waals surface area (Å²) in [5.41, 5.74) is -0.394. The summed E-state index contributed by atoms with van der Waals surface area (Å²) in [5, 5.41) is 21.5. The van der Waals surface area contributed by atoms with Crippen molar-refractivity contribution in [1.82, 2.24) is 10.2 Å². The summed E-state index contributed by atoms with van der Waals surface area (Å²) in [7, 11) is 0. The van der Waals surface area contributed by atoms with Crippen molar-refractivity contribution in [3.63, 3.8) is 0 Å². The fourth-order valence-electron chi connectivity index (χ4n) is 1.52. The lowest BCUT2D eigenvalue weighted by Gasteiger charge is -2.25. The van der Waals surface area contributed by atoms with Crippen LogP contribution in [0, 0.1) is 5.41 Å². The summed E-state index contributed by atoms with van der Waals surface area (Å²) in [6, 6.07) is 0. The molecule has 0 aromatic carbocycles. The zero-order valence-electron chi connectivity index (χ0n) is 11.0. The van der Waals surface area contributed by atoms with Gasteiger partial charge >= 0.3 is 0 Å². The smallest absolute Gasteiger partial charge is 0.0518 e. The molecule has 0 rings (SSSR count). The van der Waals surface area contributed by atoms with Gasteiger partial charge in [-0.1, -0.05) is 20.8 Å². The van der Waals surface area contributed by atoms with Crippen LogP contribution < -0.4 is 5.32 Å². The van der Waals surface area contributed by atoms with E-state index in [2.05, 4.69) is 24.1 Å². The standard InChI is InChI=1S/C12H28N2O2/c1-4-14(5-2)8-6-7-13-9-12(3,10-15)11-16/h13,15-16H,4-11H2,1-3H3. The maximum Gasteiger partial charge on any atom is 0.0518 e. The third-order valence-electron chi connectivity index (χ3n) is 3.04. The molecule has 3 N–H and O–H groups in total. The van der Waals surface area contributed by atoms with Crippen LogP contribution in [0.2, 0.25) is 0 Å². The second kappa shape index (κ2) is 8.93. The lowest BCUT2D eigenvalue weighted by atomic mass is 9.93. The molecule has 0 aromatic rings. The molecule has 0 aromatic heterocycles. The molecule has 0 aliphatic carbocycles. The fourth-order valence-corrected chi connectivity index (χ4v) is 1.52. The Morgan fingerprint density at radius 3 is 2.12 bits per heavy atom. The minimum absolute atomic E-state index is 0.0204. The number of aliphatic hydroxyl groups is 2. The Morgan fingerprint density at radius 2 is 1.69 bits per heavy atom. The zero-order valence-corrected chi connectivity index (χ0v) is 11.0. The van der Waals surface area contributed by atoms with Crippen LogP contribution in [-0.2, 0) is 0 Å². The van der Waals surface area contributed by atoms with Crippen LogP contribution in [0.4, 0.5) is 0 Å². The SMILES string of the molecule is CCN(CC)CCCNCC(C)(CO)CO. The summed E-state index contributed by atoms with van der Waals surface area (Å²) in [6.07, 6.45) is 1.11. The Balaban J connectivity index is 3.52. The van der Waals surface area contributed by atoms with Gasteiger partial charge in [0.2, 0.25) is 0 Å². The van der Waals surface area contributed by atoms with Gasteiger partial charge in [-0.05, 0) is 32.6 Å². The first kappa shape index (κ1) is 15.8. The lowest BCUT2D eigenvalue weighted by Crippen LogP contribution is -2.38. The highest BCUT2D eigenvalue weighted by Gasteiger charge is 2.21. The van der Waals surface area contributed by atoms with Crippen molar-refractivity contribution in [2.24, 2.45) is 5.41 Å². The summed E-state index contributed by atoms with van der Waals surface area (Å²) < 4.78 is 0. The molecule has 0 spiro atoms. The largest absolute Gasteiger partial charge is 0.396 e. The van der Waals surface area contributed by atoms with E-state index in [1.807, 2.05) is 6.92 Å². The molecule has 98 valence electrons. The fraction of sp³-hybridized carbons (Fsp3) is 1.00. The van der Waals surface area contributed by atoms with Gasteiger partial charge in [0.25, 0.3) is 0 Å². The summed E-state index contributed by atoms with van der Waals surface area (Å²) in [6.45, 7) is 11.2. The van der Waals surface area contributed by atoms with Gasteiger partial charge in [0.1, 0.15) is 0 Å². The molecule has 4 heteroatoms. The lowest BCUT2D eigenvalue weighted by molar-refractivity contribution is 0.0697. The molecule has 0 atom stereocenters. The Kier molecular flexibility index (Phi) is 8.84. The maximum absolute atomic E-state index is 9.10. The van der Waals surface area contributed by atoms with E-state index in [-0.39, 0.29) is 13.2 Å². The Bertz CT molecular complexity index is 157. The predicted molar refractivity (Wildman–Crippen MR) is 67.6 cm³/mol. The van der Waals surface area contributed by atoms with Crippen molar-refractivity contribution in [1.29, 1.82) is 0 Å². The molecule has 0 amide bonds. The van der Waals surface area contributed by atoms with Crippen molar-refractivity contribution >= 4 is 0 Å². The van der Waals surface area contributed by atoms with Gasteiger partial charge in [-0.15, -0.1) is 0 Å². The maximum atomic E-state index is 9.10. The van der Waals surface area contributed by atoms with E-state index in [0.29, 0.717) is 6.54 Å². The number of hydrogen-bond acceptors (Lipinski definition) is 4. The van der Waals surface area contributed by atoms with Crippen molar-refractivity contribution in [2.75, 3.05) is 45.9 Å². The minimum atomic E-state index is -0.394. The van der Waals surface area contributed by atoms with Crippen LogP contribution in [0.3, 0.4) is 0 Å². The molecule has 0 saturated carbocycles. The molecule has 0 saturated heterocycles. The third kappa shape index (κ3) is 6.43. The molecular weight excluding hydrogens is 204 g/mol. The Labute approximate surface area is 99.7 Å². The van der Waals surface area contributed by atoms with Gasteiger partial charge in [-0.3, -0.25) is 0 Å². The second-order valence-corrected chi connectivity index (χ2v) is 4.68. The van der Waals surface area contributed by atoms with Crippen molar-refractivity contribution in [3.8, 4) is 0 Å². The van der Waals surface area contributed by atoms with E-state index in [0.717, 1.165) is 32.6 Å². The number of aliphatic hydroxyl groups excluding tert-OH is 2. The van der Waals surface area contributed by atoms with E-state index in [4.69, 9.17) is 10.2 Å². The van der Waals surface area contributed by atoms with Crippen molar-refractivity contribution < 1.29 is 10.2 Å². The first-order valence-corrected chi connectivity index (χ1v) is 6.26. The van der Waals surface area contributed by atoms with Crippen molar-refractivity contribution in [3.05, 3.63) is 0 Å². The van der Waals surface area contributed by atoms with E-state index in [1.165, 1.54) is 0 Å². The molecule has 0 heterocycles. The van der Waals surface area contributed by atoms with E-state index >= 15 is 0 Å². The van der Waals surface area contributed by atoms with E-state index < -0.39 is 5.41 Å². The normalized spacial score (nSPS) is 12.4. The number of hydrogen-bond donors (Lipinski definition) is 3. The highest BCUT2D eigenvalue weighted by atomic mass is 16.3. The number of nitrogens with one attached hydrogen (secondary N) is 1. The van der Waals surface area contributed by atoms with E-state index in [9.17, 15) is 0 Å². The number of nitrogens with zero attached hydrogens (tertiary/aromatic N) is 1. The van der Waals surface area contributed by atoms with Crippen LogP contribution in [0.5, 0.6) is 0 Å². The van der Waals surface area contributed by atoms with Gasteiger partial charge in [0.05, 0.1) is 13.2 Å². The first-order chi connectivity index (χ1) is 7.61. The highest BCUT2D eigenvalue weighted by Crippen LogP contribution is 2.11. The summed E-state index contributed by atoms with van der Waals surface area (Å²) in [5.74, 6) is 0. The average molecular weight is 232 g/mol.